The van der Waals surface area contributed by atoms with Crippen molar-refractivity contribution in [2.75, 3.05) is 7.11 Å². The van der Waals surface area contributed by atoms with Crippen molar-refractivity contribution in [1.29, 1.82) is 0 Å². The van der Waals surface area contributed by atoms with Gasteiger partial charge in [0.1, 0.15) is 22.1 Å². The van der Waals surface area contributed by atoms with E-state index in [-0.39, 0.29) is 12.4 Å². The summed E-state index contributed by atoms with van der Waals surface area (Å²) in [5, 5.41) is 5.76. The van der Waals surface area contributed by atoms with Crippen LogP contribution in [0.2, 0.25) is 0 Å². The van der Waals surface area contributed by atoms with Gasteiger partial charge in [0, 0.05) is 18.0 Å². The number of ether oxygens (including phenoxy) is 1. The average molecular weight is 436 g/mol. The predicted molar refractivity (Wildman–Crippen MR) is 106 cm³/mol. The summed E-state index contributed by atoms with van der Waals surface area (Å²) >= 11 is 6.08. The summed E-state index contributed by atoms with van der Waals surface area (Å²) in [6.45, 7) is 0.214. The average Bonchev–Trinajstić information content (AvgIpc) is 3.04. The van der Waals surface area contributed by atoms with Crippen molar-refractivity contribution < 1.29 is 17.5 Å². The second-order valence-electron chi connectivity index (χ2n) is 6.27. The fraction of sp³-hybridized carbons (Fsp3) is 0.167. The quantitative estimate of drug-likeness (QED) is 0.482. The molecule has 4 rings (SSSR count). The topological polar surface area (TPSA) is 113 Å². The van der Waals surface area contributed by atoms with E-state index in [4.69, 9.17) is 21.5 Å². The smallest absolute Gasteiger partial charge is 0.240 e. The molecule has 2 N–H and O–H groups in total. The van der Waals surface area contributed by atoms with Crippen molar-refractivity contribution in [3.05, 3.63) is 53.7 Å². The Morgan fingerprint density at radius 1 is 1.24 bits per heavy atom. The van der Waals surface area contributed by atoms with Crippen LogP contribution in [-0.4, -0.2) is 35.0 Å². The first kappa shape index (κ1) is 19.5. The highest BCUT2D eigenvalue weighted by atomic mass is 35.5. The Balaban J connectivity index is 1.88. The van der Waals surface area contributed by atoms with E-state index in [1.165, 1.54) is 13.2 Å². The van der Waals surface area contributed by atoms with Crippen LogP contribution in [0.4, 0.5) is 4.39 Å². The van der Waals surface area contributed by atoms with Crippen molar-refractivity contribution >= 4 is 43.7 Å². The lowest BCUT2D eigenvalue weighted by molar-refractivity contribution is 0.399. The molecule has 0 aliphatic carbocycles. The molecule has 3 aromatic heterocycles. The Labute approximate surface area is 170 Å². The monoisotopic (exact) mass is 435 g/mol. The minimum absolute atomic E-state index is 0.123. The molecule has 4 aromatic rings. The number of benzene rings is 1. The van der Waals surface area contributed by atoms with Crippen molar-refractivity contribution in [3.63, 3.8) is 0 Å². The van der Waals surface area contributed by atoms with E-state index in [1.54, 1.807) is 12.3 Å². The highest BCUT2D eigenvalue weighted by Gasteiger charge is 2.18. The number of pyridine rings is 2. The molecule has 0 aliphatic heterocycles. The maximum atomic E-state index is 14.3. The lowest BCUT2D eigenvalue weighted by Crippen LogP contribution is -2.14. The van der Waals surface area contributed by atoms with Gasteiger partial charge in [-0.1, -0.05) is 6.07 Å². The van der Waals surface area contributed by atoms with Crippen LogP contribution in [0.25, 0.3) is 22.1 Å². The van der Waals surface area contributed by atoms with E-state index in [0.29, 0.717) is 28.4 Å². The molecule has 0 aliphatic rings. The number of hydrogen-bond acceptors (Lipinski definition) is 6. The largest absolute Gasteiger partial charge is 0.481 e. The van der Waals surface area contributed by atoms with Crippen LogP contribution in [0, 0.1) is 5.82 Å². The van der Waals surface area contributed by atoms with Crippen molar-refractivity contribution in [1.82, 2.24) is 19.5 Å². The third-order valence-electron chi connectivity index (χ3n) is 4.46. The molecule has 11 heteroatoms. The zero-order chi connectivity index (χ0) is 20.8. The van der Waals surface area contributed by atoms with Crippen LogP contribution in [0.5, 0.6) is 5.88 Å². The molecule has 0 saturated carbocycles. The number of imidazole rings is 1. The highest BCUT2D eigenvalue weighted by molar-refractivity contribution is 7.89. The number of aromatic nitrogens is 4. The van der Waals surface area contributed by atoms with Gasteiger partial charge in [0.05, 0.1) is 24.7 Å². The van der Waals surface area contributed by atoms with E-state index in [0.717, 1.165) is 23.0 Å². The maximum absolute atomic E-state index is 14.3. The summed E-state index contributed by atoms with van der Waals surface area (Å²) in [7, 11) is -2.62. The van der Waals surface area contributed by atoms with Gasteiger partial charge >= 0.3 is 0 Å². The van der Waals surface area contributed by atoms with Crippen LogP contribution in [0.3, 0.4) is 0 Å². The molecule has 0 fully saturated rings. The molecular weight excluding hydrogens is 421 g/mol. The normalized spacial score (nSPS) is 12.0. The number of sulfonamides is 1. The van der Waals surface area contributed by atoms with Gasteiger partial charge in [-0.25, -0.2) is 27.9 Å². The number of primary sulfonamides is 1. The minimum Gasteiger partial charge on any atom is -0.481 e. The number of hydrogen-bond donors (Lipinski definition) is 1. The molecule has 0 amide bonds. The number of alkyl halides is 1. The first-order valence-electron chi connectivity index (χ1n) is 8.38. The Hall–Kier alpha value is -2.82. The van der Waals surface area contributed by atoms with Crippen LogP contribution in [0.15, 0.2) is 41.4 Å². The summed E-state index contributed by atoms with van der Waals surface area (Å²) < 4.78 is 44.1. The first-order valence-corrected chi connectivity index (χ1v) is 10.5. The lowest BCUT2D eigenvalue weighted by Gasteiger charge is -2.11. The van der Waals surface area contributed by atoms with E-state index in [2.05, 4.69) is 15.0 Å². The summed E-state index contributed by atoms with van der Waals surface area (Å²) in [6.07, 6.45) is 1.58. The molecular formula is C18H15ClFN5O3S. The van der Waals surface area contributed by atoms with Crippen LogP contribution in [-0.2, 0) is 22.4 Å². The standard InChI is InChI=1S/C18H15ClFN5O3S/c1-28-16-5-3-11-17-13(8-22-18(11)24-16)23-15(7-19)25(17)9-10-2-4-14(12(20)6-10)29(21,26)27/h2-6,8H,7,9H2,1H3,(H2,21,26,27). The number of nitrogens with zero attached hydrogens (tertiary/aromatic N) is 4. The molecule has 3 heterocycles. The van der Waals surface area contributed by atoms with E-state index < -0.39 is 20.7 Å². The van der Waals surface area contributed by atoms with Gasteiger partial charge in [0.15, 0.2) is 5.65 Å². The zero-order valence-corrected chi connectivity index (χ0v) is 16.7. The van der Waals surface area contributed by atoms with Gasteiger partial charge in [-0.3, -0.25) is 0 Å². The van der Waals surface area contributed by atoms with E-state index in [9.17, 15) is 12.8 Å². The minimum atomic E-state index is -4.14. The fourth-order valence-electron chi connectivity index (χ4n) is 3.17. The summed E-state index contributed by atoms with van der Waals surface area (Å²) in [4.78, 5) is 12.6. The molecule has 0 spiro atoms. The lowest BCUT2D eigenvalue weighted by atomic mass is 10.2. The van der Waals surface area contributed by atoms with Crippen LogP contribution < -0.4 is 9.88 Å². The zero-order valence-electron chi connectivity index (χ0n) is 15.1. The molecule has 0 bridgehead atoms. The number of nitrogens with two attached hydrogens (primary N) is 1. The highest BCUT2D eigenvalue weighted by Crippen LogP contribution is 2.27. The van der Waals surface area contributed by atoms with E-state index in [1.807, 2.05) is 10.6 Å². The van der Waals surface area contributed by atoms with Gasteiger partial charge in [0.2, 0.25) is 15.9 Å². The number of methoxy groups -OCH3 is 1. The Bertz CT molecular complexity index is 1360. The predicted octanol–water partition coefficient (Wildman–Crippen LogP) is 2.56. The number of rotatable bonds is 5. The number of fused-ring (bicyclic) bond motifs is 3. The molecule has 29 heavy (non-hydrogen) atoms. The van der Waals surface area contributed by atoms with Gasteiger partial charge in [0.25, 0.3) is 0 Å². The number of halogens is 2. The second-order valence-corrected chi connectivity index (χ2v) is 8.07. The molecule has 0 saturated heterocycles. The molecule has 1 aromatic carbocycles. The fourth-order valence-corrected chi connectivity index (χ4v) is 3.96. The Kier molecular flexibility index (Phi) is 4.85. The maximum Gasteiger partial charge on any atom is 0.240 e. The van der Waals surface area contributed by atoms with E-state index >= 15 is 0 Å². The molecule has 8 nitrogen and oxygen atoms in total. The Morgan fingerprint density at radius 2 is 2.03 bits per heavy atom. The van der Waals surface area contributed by atoms with Crippen molar-refractivity contribution in [2.24, 2.45) is 5.14 Å². The summed E-state index contributed by atoms with van der Waals surface area (Å²) in [5.41, 5.74) is 2.33. The summed E-state index contributed by atoms with van der Waals surface area (Å²) in [6, 6.07) is 7.30. The molecule has 0 atom stereocenters. The molecule has 0 radical (unpaired) electrons. The summed E-state index contributed by atoms with van der Waals surface area (Å²) in [5.74, 6) is 0.188. The first-order chi connectivity index (χ1) is 13.8. The second kappa shape index (κ2) is 7.21. The van der Waals surface area contributed by atoms with Crippen molar-refractivity contribution in [2.45, 2.75) is 17.3 Å². The molecule has 0 unspecified atom stereocenters. The van der Waals surface area contributed by atoms with Gasteiger partial charge in [-0.15, -0.1) is 11.6 Å². The van der Waals surface area contributed by atoms with Crippen LogP contribution >= 0.6 is 11.6 Å². The van der Waals surface area contributed by atoms with Gasteiger partial charge in [-0.2, -0.15) is 4.98 Å². The van der Waals surface area contributed by atoms with Crippen molar-refractivity contribution in [3.8, 4) is 5.88 Å². The SMILES string of the molecule is COc1ccc2c(ncc3nc(CCl)n(Cc4ccc(S(N)(=O)=O)c(F)c4)c32)n1. The molecule has 150 valence electrons. The third kappa shape index (κ3) is 3.50. The van der Waals surface area contributed by atoms with Gasteiger partial charge in [-0.05, 0) is 23.8 Å². The van der Waals surface area contributed by atoms with Crippen LogP contribution in [0.1, 0.15) is 11.4 Å². The van der Waals surface area contributed by atoms with Gasteiger partial charge < -0.3 is 9.30 Å². The third-order valence-corrected chi connectivity index (χ3v) is 5.64. The Morgan fingerprint density at radius 3 is 2.69 bits per heavy atom.